The summed E-state index contributed by atoms with van der Waals surface area (Å²) in [5.41, 5.74) is 2.93. The van der Waals surface area contributed by atoms with Crippen LogP contribution in [0.3, 0.4) is 0 Å². The Labute approximate surface area is 120 Å². The summed E-state index contributed by atoms with van der Waals surface area (Å²) in [5, 5.41) is 3.21. The molecule has 0 bridgehead atoms. The molecule has 6 heteroatoms. The van der Waals surface area contributed by atoms with E-state index in [-0.39, 0.29) is 21.0 Å². The molecule has 0 saturated carbocycles. The molecule has 1 N–H and O–H groups in total. The third-order valence-electron chi connectivity index (χ3n) is 3.09. The van der Waals surface area contributed by atoms with Crippen LogP contribution in [0, 0.1) is 11.6 Å². The molecule has 0 aliphatic rings. The first-order chi connectivity index (χ1) is 9.65. The summed E-state index contributed by atoms with van der Waals surface area (Å²) in [4.78, 5) is 0. The fourth-order valence-corrected chi connectivity index (χ4v) is 3.24. The first kappa shape index (κ1) is 13.2. The van der Waals surface area contributed by atoms with Gasteiger partial charge in [0.15, 0.2) is 0 Å². The first-order valence-corrected chi connectivity index (χ1v) is 7.61. The zero-order chi connectivity index (χ0) is 14.1. The molecule has 1 aromatic heterocycles. The van der Waals surface area contributed by atoms with Crippen LogP contribution in [0.2, 0.25) is 0 Å². The third-order valence-corrected chi connectivity index (χ3v) is 4.23. The molecule has 0 aliphatic heterocycles. The van der Waals surface area contributed by atoms with Crippen LogP contribution < -0.4 is 5.32 Å². The van der Waals surface area contributed by atoms with Gasteiger partial charge in [0, 0.05) is 0 Å². The van der Waals surface area contributed by atoms with Crippen LogP contribution in [0.4, 0.5) is 14.5 Å². The topological polar surface area (TPSA) is 37.8 Å². The molecule has 0 fully saturated rings. The van der Waals surface area contributed by atoms with E-state index in [0.29, 0.717) is 5.56 Å². The van der Waals surface area contributed by atoms with Gasteiger partial charge in [0.05, 0.1) is 0 Å². The van der Waals surface area contributed by atoms with Crippen molar-refractivity contribution < 1.29 is 8.78 Å². The maximum absolute atomic E-state index is 13.8. The second-order valence-electron chi connectivity index (χ2n) is 4.47. The van der Waals surface area contributed by atoms with Gasteiger partial charge in [0.1, 0.15) is 0 Å². The SMILES string of the molecule is CC(Nc1cccc2n[se]nc12)c1ccc(F)cc1F. The minimum atomic E-state index is -0.574. The minimum absolute atomic E-state index is 0.107. The molecule has 0 saturated heterocycles. The molecule has 0 spiro atoms. The molecule has 1 unspecified atom stereocenters. The summed E-state index contributed by atoms with van der Waals surface area (Å²) in [6.45, 7) is 1.83. The number of hydrogen-bond acceptors (Lipinski definition) is 3. The number of fused-ring (bicyclic) bond motifs is 1. The van der Waals surface area contributed by atoms with Gasteiger partial charge in [-0.1, -0.05) is 0 Å². The Morgan fingerprint density at radius 2 is 2.00 bits per heavy atom. The van der Waals surface area contributed by atoms with Crippen LogP contribution in [-0.2, 0) is 0 Å². The zero-order valence-corrected chi connectivity index (χ0v) is 12.3. The van der Waals surface area contributed by atoms with Crippen LogP contribution >= 0.6 is 0 Å². The van der Waals surface area contributed by atoms with Crippen molar-refractivity contribution in [2.45, 2.75) is 13.0 Å². The second kappa shape index (κ2) is 5.31. The van der Waals surface area contributed by atoms with Crippen LogP contribution in [-0.4, -0.2) is 22.9 Å². The van der Waals surface area contributed by atoms with Crippen molar-refractivity contribution in [2.24, 2.45) is 0 Å². The third kappa shape index (κ3) is 2.44. The van der Waals surface area contributed by atoms with Gasteiger partial charge >= 0.3 is 120 Å². The molecule has 3 aromatic rings. The van der Waals surface area contributed by atoms with E-state index in [1.165, 1.54) is 12.1 Å². The van der Waals surface area contributed by atoms with Gasteiger partial charge in [-0.25, -0.2) is 0 Å². The normalized spacial score (nSPS) is 12.6. The van der Waals surface area contributed by atoms with E-state index in [1.807, 2.05) is 25.1 Å². The Kier molecular flexibility index (Phi) is 3.51. The van der Waals surface area contributed by atoms with Gasteiger partial charge in [-0.2, -0.15) is 0 Å². The average Bonchev–Trinajstić information content (AvgIpc) is 2.87. The van der Waals surface area contributed by atoms with Gasteiger partial charge in [-0.15, -0.1) is 0 Å². The van der Waals surface area contributed by atoms with Crippen molar-refractivity contribution in [3.05, 3.63) is 53.6 Å². The van der Waals surface area contributed by atoms with Crippen LogP contribution in [0.25, 0.3) is 11.0 Å². The zero-order valence-electron chi connectivity index (χ0n) is 10.6. The number of nitrogens with zero attached hydrogens (tertiary/aromatic N) is 2. The van der Waals surface area contributed by atoms with Gasteiger partial charge in [-0.3, -0.25) is 0 Å². The van der Waals surface area contributed by atoms with Crippen molar-refractivity contribution in [3.8, 4) is 0 Å². The summed E-state index contributed by atoms with van der Waals surface area (Å²) in [7, 11) is 0. The molecular formula is C14H11F2N3Se. The molecule has 2 aromatic carbocycles. The van der Waals surface area contributed by atoms with Crippen LogP contribution in [0.1, 0.15) is 18.5 Å². The molecular weight excluding hydrogens is 327 g/mol. The van der Waals surface area contributed by atoms with E-state index >= 15 is 0 Å². The summed E-state index contributed by atoms with van der Waals surface area (Å²) >= 11 is -0.107. The molecule has 0 aliphatic carbocycles. The van der Waals surface area contributed by atoms with Gasteiger partial charge in [-0.05, 0) is 0 Å². The Morgan fingerprint density at radius 1 is 1.15 bits per heavy atom. The van der Waals surface area contributed by atoms with Gasteiger partial charge in [0.2, 0.25) is 0 Å². The molecule has 102 valence electrons. The monoisotopic (exact) mass is 339 g/mol. The number of anilines is 1. The molecule has 0 radical (unpaired) electrons. The second-order valence-corrected chi connectivity index (χ2v) is 5.58. The number of hydrogen-bond donors (Lipinski definition) is 1. The number of halogens is 2. The van der Waals surface area contributed by atoms with Crippen molar-refractivity contribution in [2.75, 3.05) is 5.32 Å². The molecule has 3 nitrogen and oxygen atoms in total. The van der Waals surface area contributed by atoms with Crippen molar-refractivity contribution >= 4 is 31.7 Å². The van der Waals surface area contributed by atoms with E-state index < -0.39 is 11.6 Å². The van der Waals surface area contributed by atoms with E-state index in [0.717, 1.165) is 22.8 Å². The quantitative estimate of drug-likeness (QED) is 0.746. The Hall–Kier alpha value is -1.78. The van der Waals surface area contributed by atoms with E-state index in [9.17, 15) is 8.78 Å². The molecule has 20 heavy (non-hydrogen) atoms. The van der Waals surface area contributed by atoms with Crippen LogP contribution in [0.5, 0.6) is 0 Å². The predicted molar refractivity (Wildman–Crippen MR) is 74.9 cm³/mol. The average molecular weight is 338 g/mol. The summed E-state index contributed by atoms with van der Waals surface area (Å²) in [5.74, 6) is -1.13. The fourth-order valence-electron chi connectivity index (χ4n) is 2.09. The molecule has 1 atom stereocenters. The van der Waals surface area contributed by atoms with Crippen molar-refractivity contribution in [3.63, 3.8) is 0 Å². The summed E-state index contributed by atoms with van der Waals surface area (Å²) in [6, 6.07) is 9.00. The van der Waals surface area contributed by atoms with Crippen LogP contribution in [0.15, 0.2) is 36.4 Å². The molecule has 0 amide bonds. The Bertz CT molecular complexity index is 757. The molecule has 1 heterocycles. The summed E-state index contributed by atoms with van der Waals surface area (Å²) < 4.78 is 35.4. The Balaban J connectivity index is 1.92. The maximum atomic E-state index is 13.8. The van der Waals surface area contributed by atoms with Gasteiger partial charge < -0.3 is 0 Å². The number of aromatic nitrogens is 2. The number of benzene rings is 2. The van der Waals surface area contributed by atoms with Gasteiger partial charge in [0.25, 0.3) is 0 Å². The van der Waals surface area contributed by atoms with E-state index in [1.54, 1.807) is 0 Å². The first-order valence-electron chi connectivity index (χ1n) is 6.08. The number of nitrogens with one attached hydrogen (secondary N) is 1. The van der Waals surface area contributed by atoms with E-state index in [4.69, 9.17) is 0 Å². The fraction of sp³-hybridized carbons (Fsp3) is 0.143. The Morgan fingerprint density at radius 3 is 2.80 bits per heavy atom. The van der Waals surface area contributed by atoms with Crippen molar-refractivity contribution in [1.82, 2.24) is 7.96 Å². The van der Waals surface area contributed by atoms with Crippen molar-refractivity contribution in [1.29, 1.82) is 0 Å². The molecule has 3 rings (SSSR count). The predicted octanol–water partition coefficient (Wildman–Crippen LogP) is 3.14. The number of rotatable bonds is 3. The standard InChI is InChI=1S/C14H11F2N3Se/c1-8(10-6-5-9(15)7-11(10)16)17-12-3-2-4-13-14(12)19-20-18-13/h2-8,17H,1H3. The summed E-state index contributed by atoms with van der Waals surface area (Å²) in [6.07, 6.45) is 0. The van der Waals surface area contributed by atoms with E-state index in [2.05, 4.69) is 13.3 Å².